The van der Waals surface area contributed by atoms with Crippen LogP contribution in [0.2, 0.25) is 0 Å². The number of phenols is 2. The van der Waals surface area contributed by atoms with Crippen LogP contribution in [-0.4, -0.2) is 21.1 Å². The Hall–Kier alpha value is -3.64. The van der Waals surface area contributed by atoms with Gasteiger partial charge >= 0.3 is 0 Å². The van der Waals surface area contributed by atoms with Crippen LogP contribution in [0.15, 0.2) is 78.4 Å². The van der Waals surface area contributed by atoms with Crippen LogP contribution in [0, 0.1) is 0 Å². The van der Waals surface area contributed by atoms with E-state index in [1.54, 1.807) is 29.7 Å². The Bertz CT molecular complexity index is 1140. The van der Waals surface area contributed by atoms with Crippen molar-refractivity contribution in [3.63, 3.8) is 0 Å². The molecule has 0 atom stereocenters. The number of pyridine rings is 1. The molecule has 2 heterocycles. The summed E-state index contributed by atoms with van der Waals surface area (Å²) < 4.78 is 0. The van der Waals surface area contributed by atoms with Crippen LogP contribution in [0.4, 0.5) is 5.69 Å². The molecule has 0 fully saturated rings. The third-order valence-corrected chi connectivity index (χ3v) is 5.16. The largest absolute Gasteiger partial charge is 0.508 e. The van der Waals surface area contributed by atoms with Gasteiger partial charge in [0.05, 0.1) is 5.56 Å². The summed E-state index contributed by atoms with van der Waals surface area (Å²) in [5.74, 6) is -0.410. The lowest BCUT2D eigenvalue weighted by Crippen LogP contribution is -2.13. The van der Waals surface area contributed by atoms with Gasteiger partial charge < -0.3 is 15.5 Å². The molecule has 2 aromatic carbocycles. The highest BCUT2D eigenvalue weighted by Gasteiger charge is 2.13. The maximum atomic E-state index is 12.8. The van der Waals surface area contributed by atoms with Crippen LogP contribution in [0.5, 0.6) is 11.5 Å². The summed E-state index contributed by atoms with van der Waals surface area (Å²) in [5, 5.41) is 24.5. The lowest BCUT2D eigenvalue weighted by atomic mass is 10.0. The van der Waals surface area contributed by atoms with Gasteiger partial charge in [-0.15, -0.1) is 11.3 Å². The normalized spacial score (nSPS) is 10.6. The van der Waals surface area contributed by atoms with E-state index < -0.39 is 0 Å². The van der Waals surface area contributed by atoms with Crippen molar-refractivity contribution < 1.29 is 15.0 Å². The third-order valence-electron chi connectivity index (χ3n) is 4.25. The SMILES string of the molecule is O=C(Nc1ccccc1-c1cccs1)c1cncc(-c2ccc(O)cc2O)c1. The van der Waals surface area contributed by atoms with Gasteiger partial charge in [-0.05, 0) is 35.7 Å². The average Bonchev–Trinajstić information content (AvgIpc) is 3.23. The number of hydrogen-bond acceptors (Lipinski definition) is 5. The van der Waals surface area contributed by atoms with Gasteiger partial charge in [-0.25, -0.2) is 0 Å². The minimum atomic E-state index is -0.295. The van der Waals surface area contributed by atoms with E-state index in [9.17, 15) is 15.0 Å². The smallest absolute Gasteiger partial charge is 0.257 e. The van der Waals surface area contributed by atoms with Gasteiger partial charge in [-0.3, -0.25) is 9.78 Å². The number of rotatable bonds is 4. The molecule has 5 nitrogen and oxygen atoms in total. The molecule has 0 aliphatic carbocycles. The fourth-order valence-corrected chi connectivity index (χ4v) is 3.67. The summed E-state index contributed by atoms with van der Waals surface area (Å²) >= 11 is 1.60. The van der Waals surface area contributed by atoms with E-state index >= 15 is 0 Å². The van der Waals surface area contributed by atoms with Crippen molar-refractivity contribution in [1.82, 2.24) is 4.98 Å². The predicted octanol–water partition coefficient (Wildman–Crippen LogP) is 5.14. The number of benzene rings is 2. The molecular formula is C22H16N2O3S. The molecule has 0 radical (unpaired) electrons. The van der Waals surface area contributed by atoms with Crippen molar-refractivity contribution in [3.8, 4) is 33.1 Å². The number of phenolic OH excluding ortho intramolecular Hbond substituents is 2. The molecule has 4 rings (SSSR count). The molecular weight excluding hydrogens is 372 g/mol. The number of aromatic hydroxyl groups is 2. The summed E-state index contributed by atoms with van der Waals surface area (Å²) in [6.07, 6.45) is 3.03. The van der Waals surface area contributed by atoms with Crippen molar-refractivity contribution in [2.75, 3.05) is 5.32 Å². The number of carbonyl (C=O) groups excluding carboxylic acids is 1. The summed E-state index contributed by atoms with van der Waals surface area (Å²) in [6.45, 7) is 0. The molecule has 2 aromatic heterocycles. The molecule has 0 bridgehead atoms. The summed E-state index contributed by atoms with van der Waals surface area (Å²) in [7, 11) is 0. The van der Waals surface area contributed by atoms with Crippen LogP contribution in [0.25, 0.3) is 21.6 Å². The molecule has 0 spiro atoms. The van der Waals surface area contributed by atoms with Gasteiger partial charge in [-0.1, -0.05) is 24.3 Å². The first kappa shape index (κ1) is 17.8. The van der Waals surface area contributed by atoms with E-state index in [-0.39, 0.29) is 17.4 Å². The number of hydrogen-bond donors (Lipinski definition) is 3. The quantitative estimate of drug-likeness (QED) is 0.452. The van der Waals surface area contributed by atoms with Gasteiger partial charge in [0.2, 0.25) is 0 Å². The van der Waals surface area contributed by atoms with Crippen molar-refractivity contribution in [2.24, 2.45) is 0 Å². The van der Waals surface area contributed by atoms with Gasteiger partial charge in [0.1, 0.15) is 11.5 Å². The fourth-order valence-electron chi connectivity index (χ4n) is 2.91. The van der Waals surface area contributed by atoms with E-state index in [1.807, 2.05) is 41.8 Å². The highest BCUT2D eigenvalue weighted by molar-refractivity contribution is 7.13. The van der Waals surface area contributed by atoms with Crippen molar-refractivity contribution >= 4 is 22.9 Å². The average molecular weight is 388 g/mol. The highest BCUT2D eigenvalue weighted by atomic mass is 32.1. The number of anilines is 1. The highest BCUT2D eigenvalue weighted by Crippen LogP contribution is 2.33. The van der Waals surface area contributed by atoms with Gasteiger partial charge in [0, 0.05) is 45.7 Å². The molecule has 1 amide bonds. The minimum absolute atomic E-state index is 0.0340. The van der Waals surface area contributed by atoms with E-state index in [2.05, 4.69) is 10.3 Å². The predicted molar refractivity (Wildman–Crippen MR) is 111 cm³/mol. The summed E-state index contributed by atoms with van der Waals surface area (Å²) in [5.41, 5.74) is 3.10. The second-order valence-electron chi connectivity index (χ2n) is 6.14. The van der Waals surface area contributed by atoms with Crippen LogP contribution in [-0.2, 0) is 0 Å². The first-order valence-electron chi connectivity index (χ1n) is 8.53. The van der Waals surface area contributed by atoms with Gasteiger partial charge in [0.15, 0.2) is 0 Å². The standard InChI is InChI=1S/C22H16N2O3S/c25-16-7-8-17(20(26)11-16)14-10-15(13-23-12-14)22(27)24-19-5-2-1-4-18(19)21-6-3-9-28-21/h1-13,25-26H,(H,24,27). The Morgan fingerprint density at radius 1 is 0.929 bits per heavy atom. The monoisotopic (exact) mass is 388 g/mol. The molecule has 28 heavy (non-hydrogen) atoms. The molecule has 4 aromatic rings. The molecule has 0 saturated heterocycles. The Labute approximate surface area is 165 Å². The Morgan fingerprint density at radius 2 is 1.79 bits per heavy atom. The summed E-state index contributed by atoms with van der Waals surface area (Å²) in [6, 6.07) is 17.6. The van der Waals surface area contributed by atoms with Gasteiger partial charge in [0.25, 0.3) is 5.91 Å². The zero-order valence-corrected chi connectivity index (χ0v) is 15.5. The lowest BCUT2D eigenvalue weighted by molar-refractivity contribution is 0.102. The van der Waals surface area contributed by atoms with Crippen LogP contribution in [0.3, 0.4) is 0 Å². The number of amides is 1. The minimum Gasteiger partial charge on any atom is -0.508 e. The number of thiophene rings is 1. The number of aromatic nitrogens is 1. The van der Waals surface area contributed by atoms with E-state index in [0.29, 0.717) is 22.4 Å². The van der Waals surface area contributed by atoms with Crippen LogP contribution >= 0.6 is 11.3 Å². The molecule has 0 unspecified atom stereocenters. The first-order valence-corrected chi connectivity index (χ1v) is 9.41. The molecule has 6 heteroatoms. The fraction of sp³-hybridized carbons (Fsp3) is 0. The van der Waals surface area contributed by atoms with E-state index in [0.717, 1.165) is 10.4 Å². The molecule has 138 valence electrons. The maximum Gasteiger partial charge on any atom is 0.257 e. The van der Waals surface area contributed by atoms with Crippen molar-refractivity contribution in [3.05, 3.63) is 84.0 Å². The van der Waals surface area contributed by atoms with Crippen molar-refractivity contribution in [1.29, 1.82) is 0 Å². The van der Waals surface area contributed by atoms with Gasteiger partial charge in [-0.2, -0.15) is 0 Å². The molecule has 0 aliphatic heterocycles. The molecule has 3 N–H and O–H groups in total. The number of para-hydroxylation sites is 1. The van der Waals surface area contributed by atoms with Crippen LogP contribution < -0.4 is 5.32 Å². The van der Waals surface area contributed by atoms with Crippen LogP contribution in [0.1, 0.15) is 10.4 Å². The number of nitrogens with one attached hydrogen (secondary N) is 1. The maximum absolute atomic E-state index is 12.8. The molecule has 0 saturated carbocycles. The summed E-state index contributed by atoms with van der Waals surface area (Å²) in [4.78, 5) is 18.0. The molecule has 0 aliphatic rings. The second kappa shape index (κ2) is 7.54. The van der Waals surface area contributed by atoms with E-state index in [1.165, 1.54) is 18.3 Å². The van der Waals surface area contributed by atoms with Crippen molar-refractivity contribution in [2.45, 2.75) is 0 Å². The second-order valence-corrected chi connectivity index (χ2v) is 7.09. The zero-order valence-electron chi connectivity index (χ0n) is 14.7. The van der Waals surface area contributed by atoms with E-state index in [4.69, 9.17) is 0 Å². The number of nitrogens with zero attached hydrogens (tertiary/aromatic N) is 1. The Morgan fingerprint density at radius 3 is 2.57 bits per heavy atom. The number of carbonyl (C=O) groups is 1. The third kappa shape index (κ3) is 3.58. The Balaban J connectivity index is 1.64. The first-order chi connectivity index (χ1) is 13.6. The zero-order chi connectivity index (χ0) is 19.5. The lowest BCUT2D eigenvalue weighted by Gasteiger charge is -2.11. The Kier molecular flexibility index (Phi) is 4.78. The topological polar surface area (TPSA) is 82.5 Å².